The second-order valence-electron chi connectivity index (χ2n) is 12.9. The molecule has 3 fully saturated rings. The fraction of sp³-hybridized carbons (Fsp3) is 0.852. The average Bonchev–Trinajstić information content (AvgIpc) is 3.16. The zero-order chi connectivity index (χ0) is 29.0. The first kappa shape index (κ1) is 31.1. The van der Waals surface area contributed by atoms with Crippen molar-refractivity contribution < 1.29 is 44.5 Å². The summed E-state index contributed by atoms with van der Waals surface area (Å²) >= 11 is 0. The van der Waals surface area contributed by atoms with Gasteiger partial charge in [0.05, 0.1) is 12.7 Å². The highest BCUT2D eigenvalue weighted by Crippen LogP contribution is 2.67. The first-order valence-corrected chi connectivity index (χ1v) is 16.7. The van der Waals surface area contributed by atoms with Gasteiger partial charge in [-0.05, 0) is 111 Å². The van der Waals surface area contributed by atoms with Gasteiger partial charge in [0, 0.05) is 0 Å². The van der Waals surface area contributed by atoms with Gasteiger partial charge in [0.2, 0.25) is 0 Å². The third-order valence-corrected chi connectivity index (χ3v) is 11.8. The molecule has 12 heteroatoms. The molecule has 3 unspecified atom stereocenters. The van der Waals surface area contributed by atoms with Crippen molar-refractivity contribution in [2.75, 3.05) is 6.61 Å². The number of aliphatic hydroxyl groups is 2. The van der Waals surface area contributed by atoms with E-state index in [0.717, 1.165) is 37.7 Å². The number of fused-ring (bicyclic) bond motifs is 5. The smallest absolute Gasteiger partial charge is 0.389 e. The number of aliphatic hydroxyl groups excluding tert-OH is 2. The van der Waals surface area contributed by atoms with Crippen LogP contribution in [0.25, 0.3) is 0 Å². The molecule has 4 N–H and O–H groups in total. The van der Waals surface area contributed by atoms with Crippen LogP contribution in [-0.4, -0.2) is 61.1 Å². The minimum absolute atomic E-state index is 0.0752. The molecule has 0 spiro atoms. The lowest BCUT2D eigenvalue weighted by Gasteiger charge is -2.59. The molecular formula is C27H44O10S2. The molecule has 39 heavy (non-hydrogen) atoms. The average molecular weight is 593 g/mol. The Morgan fingerprint density at radius 3 is 2.36 bits per heavy atom. The Balaban J connectivity index is 1.56. The van der Waals surface area contributed by atoms with E-state index in [2.05, 4.69) is 20.4 Å². The standard InChI is InChI=1S/C27H44O10S2/c1-16(2)23(28)10-5-17(15-36-38(30,31)32)19-8-9-20-18-6-7-22-25(29)24(37-39(33,34)35)12-14-27(22,4)21(18)11-13-26(19,20)3/h7,17-21,23-25,28-29H,1,5-6,8-15H2,2-4H3,(H,30,31,32)(H,33,34,35)/t17-,18-,19+,20-,21-,23?,24?,25?,26+,27+/m0/s1. The van der Waals surface area contributed by atoms with Crippen molar-refractivity contribution in [2.45, 2.75) is 96.9 Å². The predicted octanol–water partition coefficient (Wildman–Crippen LogP) is 3.88. The lowest BCUT2D eigenvalue weighted by Crippen LogP contribution is -2.54. The summed E-state index contributed by atoms with van der Waals surface area (Å²) < 4.78 is 73.6. The van der Waals surface area contributed by atoms with Crippen LogP contribution in [0.3, 0.4) is 0 Å². The van der Waals surface area contributed by atoms with Crippen LogP contribution in [0, 0.1) is 40.4 Å². The van der Waals surface area contributed by atoms with Crippen molar-refractivity contribution in [1.29, 1.82) is 0 Å². The van der Waals surface area contributed by atoms with Gasteiger partial charge in [-0.3, -0.25) is 9.11 Å². The first-order chi connectivity index (χ1) is 18.0. The maximum absolute atomic E-state index is 11.4. The van der Waals surface area contributed by atoms with E-state index in [1.54, 1.807) is 6.92 Å². The predicted molar refractivity (Wildman–Crippen MR) is 144 cm³/mol. The third-order valence-electron chi connectivity index (χ3n) is 10.8. The molecule has 0 aromatic carbocycles. The van der Waals surface area contributed by atoms with E-state index in [9.17, 15) is 31.6 Å². The van der Waals surface area contributed by atoms with Crippen LogP contribution in [0.1, 0.15) is 78.6 Å². The van der Waals surface area contributed by atoms with Crippen molar-refractivity contribution in [1.82, 2.24) is 0 Å². The normalized spacial score (nSPS) is 40.1. The van der Waals surface area contributed by atoms with Gasteiger partial charge in [-0.15, -0.1) is 0 Å². The van der Waals surface area contributed by atoms with Crippen LogP contribution in [-0.2, 0) is 29.2 Å². The van der Waals surface area contributed by atoms with Crippen LogP contribution >= 0.6 is 0 Å². The van der Waals surface area contributed by atoms with Crippen LogP contribution in [0.4, 0.5) is 0 Å². The number of hydrogen-bond donors (Lipinski definition) is 4. The van der Waals surface area contributed by atoms with E-state index in [-0.39, 0.29) is 29.3 Å². The molecule has 0 aromatic heterocycles. The number of rotatable bonds is 10. The van der Waals surface area contributed by atoms with E-state index in [1.165, 1.54) is 0 Å². The second kappa shape index (κ2) is 11.1. The summed E-state index contributed by atoms with van der Waals surface area (Å²) in [5, 5.41) is 21.4. The largest absolute Gasteiger partial charge is 0.397 e. The number of hydrogen-bond acceptors (Lipinski definition) is 8. The molecule has 4 rings (SSSR count). The van der Waals surface area contributed by atoms with Gasteiger partial charge in [0.25, 0.3) is 0 Å². The van der Waals surface area contributed by atoms with Crippen molar-refractivity contribution in [2.24, 2.45) is 40.4 Å². The maximum atomic E-state index is 11.4. The summed E-state index contributed by atoms with van der Waals surface area (Å²) in [5.74, 6) is 1.03. The van der Waals surface area contributed by atoms with Gasteiger partial charge < -0.3 is 10.2 Å². The van der Waals surface area contributed by atoms with Crippen LogP contribution in [0.2, 0.25) is 0 Å². The summed E-state index contributed by atoms with van der Waals surface area (Å²) in [7, 11) is -9.26. The molecule has 0 aromatic rings. The zero-order valence-corrected chi connectivity index (χ0v) is 24.7. The monoisotopic (exact) mass is 592 g/mol. The van der Waals surface area contributed by atoms with E-state index in [0.29, 0.717) is 49.0 Å². The summed E-state index contributed by atoms with van der Waals surface area (Å²) in [6.07, 6.45) is 5.67. The fourth-order valence-corrected chi connectivity index (χ4v) is 9.83. The van der Waals surface area contributed by atoms with Crippen molar-refractivity contribution >= 4 is 20.8 Å². The Hall–Kier alpha value is -0.860. The molecule has 224 valence electrons. The van der Waals surface area contributed by atoms with E-state index >= 15 is 0 Å². The zero-order valence-electron chi connectivity index (χ0n) is 23.0. The minimum atomic E-state index is -4.67. The molecule has 4 aliphatic carbocycles. The van der Waals surface area contributed by atoms with Gasteiger partial charge in [-0.2, -0.15) is 16.8 Å². The third kappa shape index (κ3) is 6.33. The Kier molecular flexibility index (Phi) is 8.84. The Bertz CT molecular complexity index is 1180. The highest BCUT2D eigenvalue weighted by Gasteiger charge is 2.60. The first-order valence-electron chi connectivity index (χ1n) is 14.0. The van der Waals surface area contributed by atoms with Gasteiger partial charge in [0.1, 0.15) is 12.2 Å². The van der Waals surface area contributed by atoms with Gasteiger partial charge in [0.15, 0.2) is 0 Å². The summed E-state index contributed by atoms with van der Waals surface area (Å²) in [5.41, 5.74) is 1.07. The molecule has 4 aliphatic rings. The SMILES string of the molecule is C=C(C)C(O)CC[C@@H](COS(=O)(=O)O)[C@H]1CC[C@H]2[C@@H]3CC=C4C(O)C(OS(=O)(=O)O)CC[C@]4(C)[C@H]3CC[C@]12C. The molecule has 10 nitrogen and oxygen atoms in total. The highest BCUT2D eigenvalue weighted by molar-refractivity contribution is 7.81. The molecule has 10 atom stereocenters. The Morgan fingerprint density at radius 1 is 1.05 bits per heavy atom. The van der Waals surface area contributed by atoms with E-state index in [1.807, 2.05) is 6.08 Å². The summed E-state index contributed by atoms with van der Waals surface area (Å²) in [6, 6.07) is 0. The Morgan fingerprint density at radius 2 is 1.74 bits per heavy atom. The van der Waals surface area contributed by atoms with Gasteiger partial charge >= 0.3 is 20.8 Å². The number of allylic oxidation sites excluding steroid dienone is 1. The van der Waals surface area contributed by atoms with Gasteiger partial charge in [-0.25, -0.2) is 8.37 Å². The van der Waals surface area contributed by atoms with Crippen molar-refractivity contribution in [3.8, 4) is 0 Å². The molecule has 0 radical (unpaired) electrons. The summed E-state index contributed by atoms with van der Waals surface area (Å²) in [4.78, 5) is 0. The van der Waals surface area contributed by atoms with Crippen LogP contribution in [0.15, 0.2) is 23.8 Å². The second-order valence-corrected chi connectivity index (χ2v) is 15.0. The Labute approximate surface area is 232 Å². The van der Waals surface area contributed by atoms with Crippen molar-refractivity contribution in [3.05, 3.63) is 23.8 Å². The summed E-state index contributed by atoms with van der Waals surface area (Å²) in [6.45, 7) is 9.88. The molecule has 0 amide bonds. The van der Waals surface area contributed by atoms with E-state index < -0.39 is 39.1 Å². The molecule has 3 saturated carbocycles. The van der Waals surface area contributed by atoms with Crippen LogP contribution < -0.4 is 0 Å². The molecule has 0 bridgehead atoms. The molecule has 0 aliphatic heterocycles. The topological polar surface area (TPSA) is 168 Å². The van der Waals surface area contributed by atoms with E-state index in [4.69, 9.17) is 12.9 Å². The lowest BCUT2D eigenvalue weighted by atomic mass is 9.46. The minimum Gasteiger partial charge on any atom is -0.389 e. The van der Waals surface area contributed by atoms with Gasteiger partial charge in [-0.1, -0.05) is 32.1 Å². The fourth-order valence-electron chi connectivity index (χ4n) is 8.97. The molecule has 0 heterocycles. The van der Waals surface area contributed by atoms with Crippen molar-refractivity contribution in [3.63, 3.8) is 0 Å². The van der Waals surface area contributed by atoms with Crippen LogP contribution in [0.5, 0.6) is 0 Å². The maximum Gasteiger partial charge on any atom is 0.397 e. The lowest BCUT2D eigenvalue weighted by molar-refractivity contribution is -0.0791. The highest BCUT2D eigenvalue weighted by atomic mass is 32.3. The molecule has 0 saturated heterocycles. The quantitative estimate of drug-likeness (QED) is 0.216. The molecular weight excluding hydrogens is 548 g/mol.